The Bertz CT molecular complexity index is 357. The fraction of sp³-hybridized carbons (Fsp3) is 0.417. The van der Waals surface area contributed by atoms with Crippen LogP contribution in [0.25, 0.3) is 0 Å². The quantitative estimate of drug-likeness (QED) is 0.706. The monoisotopic (exact) mass is 205 g/mol. The maximum absolute atomic E-state index is 5.07. The number of thiocarbonyl (C=S) groups is 1. The van der Waals surface area contributed by atoms with Gasteiger partial charge in [-0.25, -0.2) is 0 Å². The standard InChI is InChI=1S/C12H15NS/c1-9(14)13-12-8-4-6-10-5-2-3-7-11(10)12/h4,6,8H,2-3,5,7H2,1H3,(H,13,14). The number of nitrogens with one attached hydrogen (secondary N) is 1. The molecule has 14 heavy (non-hydrogen) atoms. The van der Waals surface area contributed by atoms with E-state index in [1.165, 1.54) is 42.5 Å². The van der Waals surface area contributed by atoms with Gasteiger partial charge in [0.25, 0.3) is 0 Å². The second-order valence-corrected chi connectivity index (χ2v) is 4.44. The van der Waals surface area contributed by atoms with Crippen molar-refractivity contribution in [3.63, 3.8) is 0 Å². The highest BCUT2D eigenvalue weighted by Crippen LogP contribution is 2.27. The van der Waals surface area contributed by atoms with Crippen molar-refractivity contribution in [3.05, 3.63) is 29.3 Å². The van der Waals surface area contributed by atoms with Gasteiger partial charge >= 0.3 is 0 Å². The molecule has 2 heteroatoms. The molecule has 2 rings (SSSR count). The topological polar surface area (TPSA) is 12.0 Å². The van der Waals surface area contributed by atoms with Crippen molar-refractivity contribution in [3.8, 4) is 0 Å². The van der Waals surface area contributed by atoms with Crippen molar-refractivity contribution in [1.29, 1.82) is 0 Å². The van der Waals surface area contributed by atoms with Gasteiger partial charge in [0.15, 0.2) is 0 Å². The predicted octanol–water partition coefficient (Wildman–Crippen LogP) is 3.32. The summed E-state index contributed by atoms with van der Waals surface area (Å²) in [6.07, 6.45) is 5.05. The summed E-state index contributed by atoms with van der Waals surface area (Å²) in [5.74, 6) is 0. The zero-order valence-corrected chi connectivity index (χ0v) is 9.29. The number of rotatable bonds is 1. The molecule has 0 heterocycles. The van der Waals surface area contributed by atoms with E-state index in [9.17, 15) is 0 Å². The zero-order valence-electron chi connectivity index (χ0n) is 8.47. The van der Waals surface area contributed by atoms with Gasteiger partial charge < -0.3 is 5.32 Å². The van der Waals surface area contributed by atoms with Crippen LogP contribution in [0.3, 0.4) is 0 Å². The average molecular weight is 205 g/mol. The fourth-order valence-electron chi connectivity index (χ4n) is 2.09. The third-order valence-electron chi connectivity index (χ3n) is 2.71. The average Bonchev–Trinajstić information content (AvgIpc) is 2.18. The Morgan fingerprint density at radius 3 is 2.86 bits per heavy atom. The molecule has 0 fully saturated rings. The Labute approximate surface area is 90.5 Å². The molecule has 0 saturated carbocycles. The molecule has 0 aromatic heterocycles. The molecule has 1 N–H and O–H groups in total. The van der Waals surface area contributed by atoms with Gasteiger partial charge in [-0.05, 0) is 49.8 Å². The summed E-state index contributed by atoms with van der Waals surface area (Å²) in [5.41, 5.74) is 4.19. The SMILES string of the molecule is CC(=S)Nc1cccc2c1CCCC2. The van der Waals surface area contributed by atoms with Crippen LogP contribution >= 0.6 is 12.2 Å². The number of hydrogen-bond acceptors (Lipinski definition) is 1. The lowest BCUT2D eigenvalue weighted by Gasteiger charge is -2.19. The van der Waals surface area contributed by atoms with E-state index in [4.69, 9.17) is 12.2 Å². The van der Waals surface area contributed by atoms with Crippen LogP contribution in [0.4, 0.5) is 5.69 Å². The molecular formula is C12H15NS. The summed E-state index contributed by atoms with van der Waals surface area (Å²) in [4.78, 5) is 0.851. The first kappa shape index (κ1) is 9.66. The summed E-state index contributed by atoms with van der Waals surface area (Å²) < 4.78 is 0. The maximum atomic E-state index is 5.07. The predicted molar refractivity (Wildman–Crippen MR) is 65.0 cm³/mol. The minimum absolute atomic E-state index is 0.851. The molecule has 1 aromatic carbocycles. The first-order valence-electron chi connectivity index (χ1n) is 5.16. The first-order valence-corrected chi connectivity index (χ1v) is 5.56. The van der Waals surface area contributed by atoms with E-state index in [1.807, 2.05) is 6.92 Å². The van der Waals surface area contributed by atoms with Crippen LogP contribution in [0.2, 0.25) is 0 Å². The first-order chi connectivity index (χ1) is 6.77. The molecule has 1 nitrogen and oxygen atoms in total. The van der Waals surface area contributed by atoms with Crippen LogP contribution in [-0.2, 0) is 12.8 Å². The third kappa shape index (κ3) is 1.95. The Kier molecular flexibility index (Phi) is 2.82. The highest BCUT2D eigenvalue weighted by Gasteiger charge is 2.12. The number of anilines is 1. The Morgan fingerprint density at radius 1 is 1.29 bits per heavy atom. The molecule has 0 saturated heterocycles. The van der Waals surface area contributed by atoms with Crippen LogP contribution in [0.1, 0.15) is 30.9 Å². The van der Waals surface area contributed by atoms with Crippen molar-refractivity contribution < 1.29 is 0 Å². The van der Waals surface area contributed by atoms with Gasteiger partial charge in [0.1, 0.15) is 0 Å². The van der Waals surface area contributed by atoms with Crippen LogP contribution < -0.4 is 5.32 Å². The highest BCUT2D eigenvalue weighted by molar-refractivity contribution is 7.80. The fourth-order valence-corrected chi connectivity index (χ4v) is 2.20. The van der Waals surface area contributed by atoms with E-state index < -0.39 is 0 Å². The van der Waals surface area contributed by atoms with E-state index in [0.717, 1.165) is 4.99 Å². The molecular weight excluding hydrogens is 190 g/mol. The van der Waals surface area contributed by atoms with E-state index in [2.05, 4.69) is 23.5 Å². The highest BCUT2D eigenvalue weighted by atomic mass is 32.1. The van der Waals surface area contributed by atoms with Gasteiger partial charge in [0, 0.05) is 5.69 Å². The lowest BCUT2D eigenvalue weighted by Crippen LogP contribution is -2.10. The second-order valence-electron chi connectivity index (χ2n) is 3.83. The molecule has 0 atom stereocenters. The molecule has 1 aliphatic carbocycles. The van der Waals surface area contributed by atoms with Gasteiger partial charge in [0.2, 0.25) is 0 Å². The minimum Gasteiger partial charge on any atom is -0.350 e. The largest absolute Gasteiger partial charge is 0.350 e. The Morgan fingerprint density at radius 2 is 2.07 bits per heavy atom. The van der Waals surface area contributed by atoms with Gasteiger partial charge in [-0.3, -0.25) is 0 Å². The van der Waals surface area contributed by atoms with Crippen molar-refractivity contribution in [1.82, 2.24) is 0 Å². The molecule has 0 unspecified atom stereocenters. The third-order valence-corrected chi connectivity index (χ3v) is 2.81. The van der Waals surface area contributed by atoms with E-state index in [-0.39, 0.29) is 0 Å². The van der Waals surface area contributed by atoms with E-state index in [1.54, 1.807) is 0 Å². The summed E-state index contributed by atoms with van der Waals surface area (Å²) in [7, 11) is 0. The summed E-state index contributed by atoms with van der Waals surface area (Å²) in [6, 6.07) is 6.48. The van der Waals surface area contributed by atoms with Crippen molar-refractivity contribution in [2.24, 2.45) is 0 Å². The normalized spacial score (nSPS) is 14.6. The van der Waals surface area contributed by atoms with Crippen LogP contribution in [0, 0.1) is 0 Å². The minimum atomic E-state index is 0.851. The molecule has 1 aliphatic rings. The van der Waals surface area contributed by atoms with E-state index >= 15 is 0 Å². The molecule has 0 aliphatic heterocycles. The van der Waals surface area contributed by atoms with Crippen LogP contribution in [-0.4, -0.2) is 4.99 Å². The summed E-state index contributed by atoms with van der Waals surface area (Å²) >= 11 is 5.07. The van der Waals surface area contributed by atoms with Crippen molar-refractivity contribution in [2.45, 2.75) is 32.6 Å². The molecule has 0 bridgehead atoms. The second kappa shape index (κ2) is 4.09. The van der Waals surface area contributed by atoms with Crippen molar-refractivity contribution >= 4 is 22.9 Å². The van der Waals surface area contributed by atoms with Gasteiger partial charge in [-0.1, -0.05) is 24.4 Å². The zero-order chi connectivity index (χ0) is 9.97. The number of fused-ring (bicyclic) bond motifs is 1. The summed E-state index contributed by atoms with van der Waals surface area (Å²) in [6.45, 7) is 1.93. The molecule has 0 spiro atoms. The van der Waals surface area contributed by atoms with Gasteiger partial charge in [-0.15, -0.1) is 0 Å². The van der Waals surface area contributed by atoms with E-state index in [0.29, 0.717) is 0 Å². The van der Waals surface area contributed by atoms with Gasteiger partial charge in [-0.2, -0.15) is 0 Å². The lowest BCUT2D eigenvalue weighted by atomic mass is 9.90. The molecule has 0 radical (unpaired) electrons. The number of aryl methyl sites for hydroxylation is 1. The number of hydrogen-bond donors (Lipinski definition) is 1. The van der Waals surface area contributed by atoms with Crippen molar-refractivity contribution in [2.75, 3.05) is 5.32 Å². The maximum Gasteiger partial charge on any atom is 0.0765 e. The lowest BCUT2D eigenvalue weighted by molar-refractivity contribution is 0.687. The summed E-state index contributed by atoms with van der Waals surface area (Å²) in [5, 5.41) is 3.26. The molecule has 74 valence electrons. The molecule has 0 amide bonds. The van der Waals surface area contributed by atoms with Crippen LogP contribution in [0.5, 0.6) is 0 Å². The number of benzene rings is 1. The Balaban J connectivity index is 2.35. The van der Waals surface area contributed by atoms with Crippen LogP contribution in [0.15, 0.2) is 18.2 Å². The Hall–Kier alpha value is -0.890. The van der Waals surface area contributed by atoms with Gasteiger partial charge in [0.05, 0.1) is 4.99 Å². The molecule has 1 aromatic rings. The smallest absolute Gasteiger partial charge is 0.0765 e.